The molecule has 1 aromatic heterocycles. The smallest absolute Gasteiger partial charge is 0.328 e. The molecular formula is C42H64N8O8S. The second-order valence-corrected chi connectivity index (χ2v) is 18.0. The van der Waals surface area contributed by atoms with E-state index in [0.717, 1.165) is 12.0 Å². The molecule has 16 nitrogen and oxygen atoms in total. The fourth-order valence-corrected chi connectivity index (χ4v) is 7.49. The zero-order valence-electron chi connectivity index (χ0n) is 36.0. The van der Waals surface area contributed by atoms with Gasteiger partial charge in [-0.3, -0.25) is 29.0 Å². The Hall–Kier alpha value is -4.90. The van der Waals surface area contributed by atoms with Crippen molar-refractivity contribution in [3.8, 4) is 0 Å². The van der Waals surface area contributed by atoms with Crippen LogP contribution in [0.3, 0.4) is 0 Å². The van der Waals surface area contributed by atoms with Crippen LogP contribution in [0, 0.1) is 23.2 Å². The molecule has 8 atom stereocenters. The first kappa shape index (κ1) is 48.5. The number of aromatic nitrogens is 1. The Kier molecular flexibility index (Phi) is 18.5. The van der Waals surface area contributed by atoms with Crippen LogP contribution in [0.1, 0.15) is 91.6 Å². The maximum Gasteiger partial charge on any atom is 0.328 e. The number of carbonyl (C=O) groups is 6. The van der Waals surface area contributed by atoms with Gasteiger partial charge in [0.1, 0.15) is 30.5 Å². The highest BCUT2D eigenvalue weighted by molar-refractivity contribution is 7.09. The Morgan fingerprint density at radius 3 is 2.12 bits per heavy atom. The Morgan fingerprint density at radius 1 is 0.932 bits per heavy atom. The van der Waals surface area contributed by atoms with Gasteiger partial charge in [0.05, 0.1) is 24.2 Å². The summed E-state index contributed by atoms with van der Waals surface area (Å²) in [4.78, 5) is 88.7. The fourth-order valence-electron chi connectivity index (χ4n) is 6.83. The molecule has 4 amide bonds. The molecule has 1 aliphatic heterocycles. The Bertz CT molecular complexity index is 1750. The van der Waals surface area contributed by atoms with Gasteiger partial charge < -0.3 is 41.7 Å². The minimum absolute atomic E-state index is 0.0982. The van der Waals surface area contributed by atoms with E-state index in [0.29, 0.717) is 11.6 Å². The number of nitrogens with zero attached hydrogens (tertiary/aromatic N) is 2. The Balaban J connectivity index is 1.90. The number of amidine groups is 1. The zero-order valence-corrected chi connectivity index (χ0v) is 36.8. The fraction of sp³-hybridized carbons (Fsp3) is 0.619. The van der Waals surface area contributed by atoms with Gasteiger partial charge in [-0.1, -0.05) is 92.6 Å². The van der Waals surface area contributed by atoms with Crippen LogP contribution in [-0.4, -0.2) is 108 Å². The van der Waals surface area contributed by atoms with Crippen LogP contribution in [0.4, 0.5) is 0 Å². The molecule has 2 heterocycles. The van der Waals surface area contributed by atoms with Crippen molar-refractivity contribution < 1.29 is 38.6 Å². The molecule has 0 aliphatic carbocycles. The lowest BCUT2D eigenvalue weighted by atomic mass is 9.84. The van der Waals surface area contributed by atoms with Crippen molar-refractivity contribution in [2.24, 2.45) is 28.2 Å². The summed E-state index contributed by atoms with van der Waals surface area (Å²) >= 11 is 1.33. The average molecular weight is 841 g/mol. The van der Waals surface area contributed by atoms with Crippen molar-refractivity contribution in [1.82, 2.24) is 36.9 Å². The van der Waals surface area contributed by atoms with Crippen molar-refractivity contribution in [2.75, 3.05) is 20.2 Å². The summed E-state index contributed by atoms with van der Waals surface area (Å²) in [5.74, 6) is -4.48. The van der Waals surface area contributed by atoms with E-state index in [1.54, 1.807) is 18.5 Å². The monoisotopic (exact) mass is 840 g/mol. The first-order chi connectivity index (χ1) is 27.7. The number of esters is 1. The van der Waals surface area contributed by atoms with E-state index in [4.69, 9.17) is 4.74 Å². The lowest BCUT2D eigenvalue weighted by molar-refractivity contribution is -0.145. The summed E-state index contributed by atoms with van der Waals surface area (Å²) in [5.41, 5.74) is 0.0535. The third-order valence-electron chi connectivity index (χ3n) is 10.5. The number of hydrogen-bond acceptors (Lipinski definition) is 11. The minimum Gasteiger partial charge on any atom is -0.480 e. The van der Waals surface area contributed by atoms with E-state index in [1.165, 1.54) is 18.4 Å². The van der Waals surface area contributed by atoms with Crippen molar-refractivity contribution >= 4 is 52.7 Å². The lowest BCUT2D eigenvalue weighted by Crippen LogP contribution is -2.61. The molecule has 0 saturated carbocycles. The molecule has 1 saturated heterocycles. The SMILES string of the molecule is COC(=O)[C@H](Cc1nccs1)NC(=O)[C@@H](NC(=O)C[C@H](NC(=NCC(=O)O)[C@@H](NC(=O)[C@@H](NC(=O)[C@H]1NCC[C@@H]1C)C(C)C)C(C)(C)C)C(C)C)[C@@H](C)c1ccccc1. The van der Waals surface area contributed by atoms with Gasteiger partial charge in [0, 0.05) is 36.4 Å². The van der Waals surface area contributed by atoms with E-state index >= 15 is 0 Å². The second kappa shape index (κ2) is 22.5. The van der Waals surface area contributed by atoms with Crippen LogP contribution < -0.4 is 31.9 Å². The van der Waals surface area contributed by atoms with Gasteiger partial charge in [0.15, 0.2) is 0 Å². The topological polar surface area (TPSA) is 229 Å². The maximum absolute atomic E-state index is 14.1. The summed E-state index contributed by atoms with van der Waals surface area (Å²) in [6, 6.07) is 4.17. The van der Waals surface area contributed by atoms with E-state index in [1.807, 2.05) is 85.7 Å². The van der Waals surface area contributed by atoms with Crippen molar-refractivity contribution in [3.05, 3.63) is 52.5 Å². The van der Waals surface area contributed by atoms with Gasteiger partial charge in [-0.2, -0.15) is 0 Å². The molecular weight excluding hydrogens is 777 g/mol. The third kappa shape index (κ3) is 14.7. The minimum atomic E-state index is -1.20. The van der Waals surface area contributed by atoms with Crippen LogP contribution in [0.5, 0.6) is 0 Å². The number of nitrogens with one attached hydrogen (secondary N) is 6. The second-order valence-electron chi connectivity index (χ2n) is 17.0. The normalized spacial score (nSPS) is 18.8. The molecule has 59 heavy (non-hydrogen) atoms. The highest BCUT2D eigenvalue weighted by Gasteiger charge is 2.38. The summed E-state index contributed by atoms with van der Waals surface area (Å²) in [5, 5.41) is 30.2. The highest BCUT2D eigenvalue weighted by atomic mass is 32.1. The molecule has 1 aliphatic rings. The Morgan fingerprint density at radius 2 is 1.59 bits per heavy atom. The predicted octanol–water partition coefficient (Wildman–Crippen LogP) is 2.79. The highest BCUT2D eigenvalue weighted by Crippen LogP contribution is 2.24. The average Bonchev–Trinajstić information content (AvgIpc) is 3.86. The number of hydrogen-bond donors (Lipinski definition) is 7. The largest absolute Gasteiger partial charge is 0.480 e. The molecule has 1 aromatic carbocycles. The van der Waals surface area contributed by atoms with Crippen molar-refractivity contribution in [3.63, 3.8) is 0 Å². The molecule has 0 unspecified atom stereocenters. The van der Waals surface area contributed by atoms with Gasteiger partial charge in [-0.05, 0) is 41.7 Å². The molecule has 17 heteroatoms. The van der Waals surface area contributed by atoms with E-state index in [-0.39, 0.29) is 42.3 Å². The number of carboxylic acid groups (broad SMARTS) is 1. The summed E-state index contributed by atoms with van der Waals surface area (Å²) in [7, 11) is 1.23. The number of thiazole rings is 1. The summed E-state index contributed by atoms with van der Waals surface area (Å²) in [6.07, 6.45) is 2.37. The van der Waals surface area contributed by atoms with Gasteiger partial charge in [-0.15, -0.1) is 11.3 Å². The van der Waals surface area contributed by atoms with E-state index < -0.39 is 83.8 Å². The number of methoxy groups -OCH3 is 1. The number of aliphatic imine (C=N–C) groups is 1. The summed E-state index contributed by atoms with van der Waals surface area (Å²) in [6.45, 7) is 16.9. The molecule has 7 N–H and O–H groups in total. The number of carbonyl (C=O) groups excluding carboxylic acids is 5. The van der Waals surface area contributed by atoms with Crippen LogP contribution in [0.15, 0.2) is 46.9 Å². The zero-order chi connectivity index (χ0) is 44.0. The number of rotatable bonds is 20. The molecule has 326 valence electrons. The van der Waals surface area contributed by atoms with Crippen molar-refractivity contribution in [2.45, 2.75) is 124 Å². The van der Waals surface area contributed by atoms with Gasteiger partial charge in [0.25, 0.3) is 0 Å². The van der Waals surface area contributed by atoms with Crippen LogP contribution in [0.25, 0.3) is 0 Å². The number of carboxylic acids is 1. The van der Waals surface area contributed by atoms with E-state index in [2.05, 4.69) is 41.9 Å². The molecule has 0 radical (unpaired) electrons. The number of aliphatic carboxylic acids is 1. The number of benzene rings is 1. The molecule has 0 spiro atoms. The quantitative estimate of drug-likeness (QED) is 0.0583. The number of amides is 4. The summed E-state index contributed by atoms with van der Waals surface area (Å²) < 4.78 is 4.98. The molecule has 3 rings (SSSR count). The standard InChI is InChI=1S/C42H64N8O8S/c1-23(2)28(20-30(51)48-35(26(6)27-14-12-11-13-15-27)40(56)47-29(41(57)58-10)21-31-43-18-19-59-31)46-37(45-22-32(52)53)36(42(7,8)9)50-38(54)33(24(3)4)49-39(55)34-25(5)16-17-44-34/h11-15,18-19,23-26,28-29,33-36,44H,16-17,20-22H2,1-10H3,(H,45,46)(H,47,56)(H,48,51)(H,49,55)(H,50,54)(H,52,53)/t25-,26-,28-,29-,33-,34-,35-,36+/m0/s1. The molecule has 0 bridgehead atoms. The first-order valence-electron chi connectivity index (χ1n) is 20.2. The van der Waals surface area contributed by atoms with Crippen LogP contribution in [-0.2, 0) is 39.9 Å². The van der Waals surface area contributed by atoms with E-state index in [9.17, 15) is 33.9 Å². The molecule has 1 fully saturated rings. The first-order valence-corrected chi connectivity index (χ1v) is 21.1. The van der Waals surface area contributed by atoms with Gasteiger partial charge >= 0.3 is 11.9 Å². The van der Waals surface area contributed by atoms with Gasteiger partial charge in [0.2, 0.25) is 23.6 Å². The third-order valence-corrected chi connectivity index (χ3v) is 11.3. The van der Waals surface area contributed by atoms with Crippen LogP contribution >= 0.6 is 11.3 Å². The number of ether oxygens (including phenoxy) is 1. The van der Waals surface area contributed by atoms with Gasteiger partial charge in [-0.25, -0.2) is 9.78 Å². The van der Waals surface area contributed by atoms with Crippen LogP contribution in [0.2, 0.25) is 0 Å². The van der Waals surface area contributed by atoms with Crippen molar-refractivity contribution in [1.29, 1.82) is 0 Å². The maximum atomic E-state index is 14.1. The molecule has 2 aromatic rings. The Labute approximate surface area is 351 Å². The predicted molar refractivity (Wildman–Crippen MR) is 227 cm³/mol. The lowest BCUT2D eigenvalue weighted by Gasteiger charge is -2.37.